The van der Waals surface area contributed by atoms with Gasteiger partial charge in [0, 0.05) is 11.8 Å². The van der Waals surface area contributed by atoms with Crippen LogP contribution >= 0.6 is 0 Å². The first-order valence-electron chi connectivity index (χ1n) is 7.94. The highest BCUT2D eigenvalue weighted by atomic mass is 16.1. The van der Waals surface area contributed by atoms with E-state index in [1.165, 1.54) is 6.08 Å². The van der Waals surface area contributed by atoms with E-state index in [0.29, 0.717) is 11.6 Å². The second-order valence-corrected chi connectivity index (χ2v) is 5.71. The number of carbonyl (C=O) groups excluding carboxylic acids is 1. The number of nitrogens with one attached hydrogen (secondary N) is 1. The van der Waals surface area contributed by atoms with Gasteiger partial charge in [0.1, 0.15) is 0 Å². The Morgan fingerprint density at radius 2 is 1.76 bits per heavy atom. The molecule has 0 radical (unpaired) electrons. The molecule has 2 heterocycles. The minimum Gasteiger partial charge on any atom is -0.320 e. The van der Waals surface area contributed by atoms with Crippen LogP contribution in [0.15, 0.2) is 48.8 Å². The van der Waals surface area contributed by atoms with E-state index in [4.69, 9.17) is 0 Å². The molecule has 0 bridgehead atoms. The van der Waals surface area contributed by atoms with E-state index in [1.54, 1.807) is 23.2 Å². The monoisotopic (exact) mass is 333 g/mol. The molecule has 0 fully saturated rings. The van der Waals surface area contributed by atoms with E-state index < -0.39 is 0 Å². The van der Waals surface area contributed by atoms with Gasteiger partial charge in [0.2, 0.25) is 5.91 Å². The van der Waals surface area contributed by atoms with Gasteiger partial charge in [0.15, 0.2) is 0 Å². The summed E-state index contributed by atoms with van der Waals surface area (Å²) in [5.41, 5.74) is 4.56. The van der Waals surface area contributed by atoms with Crippen molar-refractivity contribution in [3.8, 4) is 5.95 Å². The van der Waals surface area contributed by atoms with Crippen molar-refractivity contribution in [3.63, 3.8) is 0 Å². The first-order valence-corrected chi connectivity index (χ1v) is 7.94. The Balaban J connectivity index is 1.69. The van der Waals surface area contributed by atoms with E-state index >= 15 is 0 Å². The Kier molecular flexibility index (Phi) is 4.70. The summed E-state index contributed by atoms with van der Waals surface area (Å²) in [5.74, 6) is 0.244. The summed E-state index contributed by atoms with van der Waals surface area (Å²) in [6.07, 6.45) is 6.38. The predicted molar refractivity (Wildman–Crippen MR) is 97.5 cm³/mol. The molecular weight excluding hydrogens is 314 g/mol. The summed E-state index contributed by atoms with van der Waals surface area (Å²) in [4.78, 5) is 20.5. The second kappa shape index (κ2) is 7.09. The highest BCUT2D eigenvalue weighted by Gasteiger charge is 2.11. The summed E-state index contributed by atoms with van der Waals surface area (Å²) in [6, 6.07) is 9.63. The summed E-state index contributed by atoms with van der Waals surface area (Å²) >= 11 is 0. The molecule has 25 heavy (non-hydrogen) atoms. The average molecular weight is 333 g/mol. The van der Waals surface area contributed by atoms with Crippen LogP contribution in [0.3, 0.4) is 0 Å². The topological polar surface area (TPSA) is 72.7 Å². The molecule has 126 valence electrons. The van der Waals surface area contributed by atoms with Crippen LogP contribution in [0.4, 0.5) is 5.69 Å². The first-order chi connectivity index (χ1) is 12.0. The van der Waals surface area contributed by atoms with Crippen LogP contribution in [0.1, 0.15) is 22.5 Å². The van der Waals surface area contributed by atoms with Gasteiger partial charge in [0.25, 0.3) is 5.95 Å². The number of rotatable bonds is 4. The molecule has 1 N–H and O–H groups in total. The molecular formula is C19H19N5O. The van der Waals surface area contributed by atoms with E-state index in [0.717, 1.165) is 22.5 Å². The number of aryl methyl sites for hydroxylation is 1. The van der Waals surface area contributed by atoms with Gasteiger partial charge in [-0.25, -0.2) is 14.6 Å². The van der Waals surface area contributed by atoms with Crippen LogP contribution in [-0.4, -0.2) is 25.7 Å². The molecule has 1 amide bonds. The predicted octanol–water partition coefficient (Wildman–Crippen LogP) is 3.24. The molecule has 0 unspecified atom stereocenters. The van der Waals surface area contributed by atoms with E-state index in [-0.39, 0.29) is 5.91 Å². The maximum absolute atomic E-state index is 12.0. The zero-order valence-electron chi connectivity index (χ0n) is 14.4. The molecule has 0 saturated carbocycles. The molecule has 3 rings (SSSR count). The molecule has 1 aromatic carbocycles. The zero-order chi connectivity index (χ0) is 17.8. The highest BCUT2D eigenvalue weighted by molar-refractivity contribution is 6.01. The van der Waals surface area contributed by atoms with Gasteiger partial charge >= 0.3 is 0 Å². The van der Waals surface area contributed by atoms with Crippen LogP contribution in [0.5, 0.6) is 0 Å². The standard InChI is InChI=1S/C19H19N5O/c1-13-14(2)23-24(15(13)3)19-20-11-17(12-21-19)22-18(25)10-9-16-7-5-4-6-8-16/h4-12H,1-3H3,(H,22,25)/b10-9+. The van der Waals surface area contributed by atoms with Crippen molar-refractivity contribution in [2.75, 3.05) is 5.32 Å². The Bertz CT molecular complexity index is 911. The van der Waals surface area contributed by atoms with E-state index in [9.17, 15) is 4.79 Å². The van der Waals surface area contributed by atoms with Crippen LogP contribution in [0.25, 0.3) is 12.0 Å². The fourth-order valence-corrected chi connectivity index (χ4v) is 2.33. The van der Waals surface area contributed by atoms with Crippen LogP contribution in [0.2, 0.25) is 0 Å². The van der Waals surface area contributed by atoms with Crippen molar-refractivity contribution in [1.82, 2.24) is 19.7 Å². The van der Waals surface area contributed by atoms with E-state index in [1.807, 2.05) is 51.1 Å². The van der Waals surface area contributed by atoms with Gasteiger partial charge in [-0.3, -0.25) is 4.79 Å². The van der Waals surface area contributed by atoms with Gasteiger partial charge in [-0.05, 0) is 38.0 Å². The lowest BCUT2D eigenvalue weighted by molar-refractivity contribution is -0.111. The summed E-state index contributed by atoms with van der Waals surface area (Å²) in [7, 11) is 0. The fraction of sp³-hybridized carbons (Fsp3) is 0.158. The molecule has 0 atom stereocenters. The summed E-state index contributed by atoms with van der Waals surface area (Å²) < 4.78 is 1.70. The van der Waals surface area contributed by atoms with Gasteiger partial charge in [-0.15, -0.1) is 0 Å². The number of nitrogens with zero attached hydrogens (tertiary/aromatic N) is 4. The minimum atomic E-state index is -0.234. The summed E-state index contributed by atoms with van der Waals surface area (Å²) in [6.45, 7) is 5.94. The van der Waals surface area contributed by atoms with Crippen LogP contribution in [-0.2, 0) is 4.79 Å². The third-order valence-corrected chi connectivity index (χ3v) is 3.98. The van der Waals surface area contributed by atoms with Crippen molar-refractivity contribution >= 4 is 17.7 Å². The Morgan fingerprint density at radius 3 is 2.36 bits per heavy atom. The Labute approximate surface area is 146 Å². The molecule has 3 aromatic rings. The normalized spacial score (nSPS) is 11.0. The molecule has 0 spiro atoms. The molecule has 6 nitrogen and oxygen atoms in total. The molecule has 0 aliphatic carbocycles. The SMILES string of the molecule is Cc1nn(-c2ncc(NC(=O)/C=C/c3ccccc3)cn2)c(C)c1C. The number of hydrogen-bond donors (Lipinski definition) is 1. The lowest BCUT2D eigenvalue weighted by atomic mass is 10.2. The first kappa shape index (κ1) is 16.6. The number of aromatic nitrogens is 4. The number of benzene rings is 1. The van der Waals surface area contributed by atoms with Crippen molar-refractivity contribution in [2.45, 2.75) is 20.8 Å². The molecule has 2 aromatic heterocycles. The lowest BCUT2D eigenvalue weighted by Crippen LogP contribution is -2.10. The second-order valence-electron chi connectivity index (χ2n) is 5.71. The quantitative estimate of drug-likeness (QED) is 0.744. The Hall–Kier alpha value is -3.28. The fourth-order valence-electron chi connectivity index (χ4n) is 2.33. The highest BCUT2D eigenvalue weighted by Crippen LogP contribution is 2.14. The Morgan fingerprint density at radius 1 is 1.08 bits per heavy atom. The van der Waals surface area contributed by atoms with Gasteiger partial charge in [0.05, 0.1) is 23.8 Å². The van der Waals surface area contributed by atoms with Gasteiger partial charge in [-0.1, -0.05) is 30.3 Å². The number of amides is 1. The zero-order valence-corrected chi connectivity index (χ0v) is 14.4. The molecule has 0 saturated heterocycles. The molecule has 0 aliphatic rings. The van der Waals surface area contributed by atoms with Crippen molar-refractivity contribution in [1.29, 1.82) is 0 Å². The third-order valence-electron chi connectivity index (χ3n) is 3.98. The van der Waals surface area contributed by atoms with E-state index in [2.05, 4.69) is 20.4 Å². The largest absolute Gasteiger partial charge is 0.320 e. The number of hydrogen-bond acceptors (Lipinski definition) is 4. The van der Waals surface area contributed by atoms with Crippen molar-refractivity contribution < 1.29 is 4.79 Å². The van der Waals surface area contributed by atoms with Crippen molar-refractivity contribution in [2.24, 2.45) is 0 Å². The number of anilines is 1. The third kappa shape index (κ3) is 3.80. The summed E-state index contributed by atoms with van der Waals surface area (Å²) in [5, 5.41) is 7.17. The van der Waals surface area contributed by atoms with Crippen LogP contribution in [0, 0.1) is 20.8 Å². The maximum Gasteiger partial charge on any atom is 0.250 e. The molecule has 0 aliphatic heterocycles. The van der Waals surface area contributed by atoms with Crippen molar-refractivity contribution in [3.05, 3.63) is 71.3 Å². The van der Waals surface area contributed by atoms with Crippen LogP contribution < -0.4 is 5.32 Å². The van der Waals surface area contributed by atoms with Gasteiger partial charge < -0.3 is 5.32 Å². The number of carbonyl (C=O) groups is 1. The minimum absolute atomic E-state index is 0.234. The smallest absolute Gasteiger partial charge is 0.250 e. The lowest BCUT2D eigenvalue weighted by Gasteiger charge is -2.05. The molecule has 6 heteroatoms. The average Bonchev–Trinajstić information content (AvgIpc) is 2.89. The van der Waals surface area contributed by atoms with Gasteiger partial charge in [-0.2, -0.15) is 5.10 Å². The maximum atomic E-state index is 12.0.